The average Bonchev–Trinajstić information content (AvgIpc) is 2.42. The number of hydrogen-bond donors (Lipinski definition) is 6. The third kappa shape index (κ3) is 7.23. The van der Waals surface area contributed by atoms with E-state index in [9.17, 15) is 16.8 Å². The summed E-state index contributed by atoms with van der Waals surface area (Å²) in [4.78, 5) is -1.41. The smallest absolute Gasteiger partial charge is 0.298 e. The molecule has 134 valence electrons. The van der Waals surface area contributed by atoms with Crippen molar-refractivity contribution < 1.29 is 46.4 Å². The third-order valence-corrected chi connectivity index (χ3v) is 4.21. The number of phenolic OH excluding ortho intramolecular Hbond substituents is 4. The fraction of sp³-hybridized carbons (Fsp3) is 0. The molecule has 2 rings (SSSR count). The minimum absolute atomic E-state index is 0. The van der Waals surface area contributed by atoms with Crippen LogP contribution in [0.5, 0.6) is 23.0 Å². The maximum absolute atomic E-state index is 10.5. The predicted octanol–water partition coefficient (Wildman–Crippen LogP) is 0.308. The fourth-order valence-electron chi connectivity index (χ4n) is 1.42. The minimum atomic E-state index is -4.47. The molecule has 0 bridgehead atoms. The second-order valence-electron chi connectivity index (χ2n) is 4.25. The predicted molar refractivity (Wildman–Crippen MR) is 84.9 cm³/mol. The van der Waals surface area contributed by atoms with Crippen LogP contribution in [-0.4, -0.2) is 84.1 Å². The van der Waals surface area contributed by atoms with Crippen molar-refractivity contribution in [2.45, 2.75) is 9.79 Å². The molecule has 2 aromatic rings. The Kier molecular flexibility index (Phi) is 8.44. The van der Waals surface area contributed by atoms with Gasteiger partial charge in [-0.2, -0.15) is 16.8 Å². The molecule has 6 N–H and O–H groups in total. The summed E-state index contributed by atoms with van der Waals surface area (Å²) in [5.74, 6) is -1.90. The molecule has 2 aromatic carbocycles. The Morgan fingerprint density at radius 2 is 0.880 bits per heavy atom. The second-order valence-corrected chi connectivity index (χ2v) is 7.03. The van der Waals surface area contributed by atoms with E-state index in [0.29, 0.717) is 0 Å². The molecule has 0 aliphatic rings. The maximum Gasteiger partial charge on any atom is 0.298 e. The second kappa shape index (κ2) is 8.89. The van der Waals surface area contributed by atoms with Gasteiger partial charge in [-0.3, -0.25) is 9.11 Å². The van der Waals surface area contributed by atoms with Crippen LogP contribution in [0, 0.1) is 0 Å². The summed E-state index contributed by atoms with van der Waals surface area (Å²) in [5, 5.41) is 35.5. The molecule has 0 atom stereocenters. The van der Waals surface area contributed by atoms with E-state index >= 15 is 0 Å². The first-order valence-electron chi connectivity index (χ1n) is 5.81. The minimum Gasteiger partial charge on any atom is -0.508 e. The summed E-state index contributed by atoms with van der Waals surface area (Å²) in [6, 6.07) is 5.65. The van der Waals surface area contributed by atoms with Gasteiger partial charge < -0.3 is 20.4 Å². The van der Waals surface area contributed by atoms with Gasteiger partial charge >= 0.3 is 0 Å². The molecule has 0 saturated carbocycles. The largest absolute Gasteiger partial charge is 0.508 e. The van der Waals surface area contributed by atoms with Crippen molar-refractivity contribution in [1.29, 1.82) is 0 Å². The fourth-order valence-corrected chi connectivity index (χ4v) is 2.62. The van der Waals surface area contributed by atoms with Gasteiger partial charge in [0.05, 0.1) is 0 Å². The summed E-state index contributed by atoms with van der Waals surface area (Å²) in [6.45, 7) is 0. The molecule has 0 saturated heterocycles. The van der Waals surface area contributed by atoms with E-state index in [-0.39, 0.29) is 49.2 Å². The van der Waals surface area contributed by atoms with E-state index in [2.05, 4.69) is 0 Å². The van der Waals surface area contributed by atoms with Crippen molar-refractivity contribution in [3.63, 3.8) is 0 Å². The normalized spacial score (nSPS) is 11.0. The molecule has 0 fully saturated rings. The van der Waals surface area contributed by atoms with Crippen LogP contribution in [-0.2, 0) is 20.2 Å². The topological polar surface area (TPSA) is 190 Å². The van der Waals surface area contributed by atoms with Gasteiger partial charge in [-0.15, -0.1) is 0 Å². The Hall–Kier alpha value is -1.28. The zero-order chi connectivity index (χ0) is 18.7. The summed E-state index contributed by atoms with van der Waals surface area (Å²) >= 11 is 0. The number of hydrogen-bond acceptors (Lipinski definition) is 8. The first kappa shape index (κ1) is 23.7. The SMILES string of the molecule is O=S(=O)(O)c1cc(O)ccc1O.O=S(=O)(O)c1cc(O)ccc1O.[Ca]. The standard InChI is InChI=1S/2C6H6O5S.Ca/c2*7-4-1-2-5(8)6(3-4)12(9,10)11;/h2*1-3,7-8H,(H,9,10,11);. The van der Waals surface area contributed by atoms with Gasteiger partial charge in [-0.05, 0) is 24.3 Å². The van der Waals surface area contributed by atoms with Gasteiger partial charge in [0, 0.05) is 49.9 Å². The molecule has 0 amide bonds. The summed E-state index contributed by atoms with van der Waals surface area (Å²) in [6.07, 6.45) is 0. The molecule has 0 heterocycles. The van der Waals surface area contributed by atoms with Crippen LogP contribution in [0.15, 0.2) is 46.2 Å². The molecule has 0 aliphatic carbocycles. The van der Waals surface area contributed by atoms with Crippen LogP contribution in [0.3, 0.4) is 0 Å². The van der Waals surface area contributed by atoms with Crippen molar-refractivity contribution in [2.75, 3.05) is 0 Å². The number of phenols is 4. The van der Waals surface area contributed by atoms with Crippen LogP contribution in [0.1, 0.15) is 0 Å². The van der Waals surface area contributed by atoms with Crippen LogP contribution >= 0.6 is 0 Å². The van der Waals surface area contributed by atoms with Gasteiger partial charge in [0.25, 0.3) is 20.2 Å². The van der Waals surface area contributed by atoms with Crippen LogP contribution in [0.4, 0.5) is 0 Å². The van der Waals surface area contributed by atoms with Crippen molar-refractivity contribution in [2.24, 2.45) is 0 Å². The molecule has 25 heavy (non-hydrogen) atoms. The van der Waals surface area contributed by atoms with Crippen LogP contribution in [0.2, 0.25) is 0 Å². The summed E-state index contributed by atoms with van der Waals surface area (Å²) in [5.41, 5.74) is 0. The van der Waals surface area contributed by atoms with E-state index in [4.69, 9.17) is 29.5 Å². The van der Waals surface area contributed by atoms with Crippen LogP contribution in [0.25, 0.3) is 0 Å². The monoisotopic (exact) mass is 420 g/mol. The number of benzene rings is 2. The van der Waals surface area contributed by atoms with E-state index < -0.39 is 41.5 Å². The molecular formula is C12H12CaO10S2. The van der Waals surface area contributed by atoms with Crippen molar-refractivity contribution in [1.82, 2.24) is 0 Å². The number of aromatic hydroxyl groups is 4. The van der Waals surface area contributed by atoms with Crippen molar-refractivity contribution in [3.8, 4) is 23.0 Å². The molecule has 10 nitrogen and oxygen atoms in total. The Balaban J connectivity index is 0.000000443. The first-order chi connectivity index (χ1) is 10.8. The first-order valence-corrected chi connectivity index (χ1v) is 8.69. The quantitative estimate of drug-likeness (QED) is 0.224. The van der Waals surface area contributed by atoms with Gasteiger partial charge in [0.1, 0.15) is 32.8 Å². The summed E-state index contributed by atoms with van der Waals surface area (Å²) in [7, 11) is -8.93. The molecule has 0 unspecified atom stereocenters. The van der Waals surface area contributed by atoms with Gasteiger partial charge in [-0.25, -0.2) is 0 Å². The average molecular weight is 420 g/mol. The maximum atomic E-state index is 10.5. The van der Waals surface area contributed by atoms with Crippen molar-refractivity contribution in [3.05, 3.63) is 36.4 Å². The van der Waals surface area contributed by atoms with E-state index in [0.717, 1.165) is 36.4 Å². The molecule has 0 aliphatic heterocycles. The summed E-state index contributed by atoms with van der Waals surface area (Å²) < 4.78 is 59.0. The zero-order valence-corrected chi connectivity index (χ0v) is 16.1. The van der Waals surface area contributed by atoms with Crippen LogP contribution < -0.4 is 0 Å². The molecule has 13 heteroatoms. The Labute approximate surface area is 172 Å². The molecule has 2 radical (unpaired) electrons. The van der Waals surface area contributed by atoms with E-state index in [1.807, 2.05) is 0 Å². The van der Waals surface area contributed by atoms with Gasteiger partial charge in [-0.1, -0.05) is 0 Å². The Morgan fingerprint density at radius 1 is 0.600 bits per heavy atom. The molecule has 0 spiro atoms. The third-order valence-electron chi connectivity index (χ3n) is 2.44. The van der Waals surface area contributed by atoms with Crippen molar-refractivity contribution >= 4 is 58.0 Å². The number of rotatable bonds is 2. The zero-order valence-electron chi connectivity index (χ0n) is 12.3. The Bertz CT molecular complexity index is 874. The molecule has 0 aromatic heterocycles. The van der Waals surface area contributed by atoms with E-state index in [1.165, 1.54) is 0 Å². The van der Waals surface area contributed by atoms with Gasteiger partial charge in [0.15, 0.2) is 0 Å². The van der Waals surface area contributed by atoms with Gasteiger partial charge in [0.2, 0.25) is 0 Å². The Morgan fingerprint density at radius 3 is 1.08 bits per heavy atom. The van der Waals surface area contributed by atoms with E-state index in [1.54, 1.807) is 0 Å². The molecular weight excluding hydrogens is 408 g/mol.